The number of esters is 3. The minimum Gasteiger partial charge on any atom is -0.462 e. The molecule has 6 heteroatoms. The van der Waals surface area contributed by atoms with Crippen LogP contribution in [0.2, 0.25) is 0 Å². The van der Waals surface area contributed by atoms with Gasteiger partial charge in [0, 0.05) is 19.3 Å². The summed E-state index contributed by atoms with van der Waals surface area (Å²) in [5.41, 5.74) is 0. The Morgan fingerprint density at radius 2 is 0.648 bits per heavy atom. The van der Waals surface area contributed by atoms with Crippen molar-refractivity contribution in [1.82, 2.24) is 0 Å². The van der Waals surface area contributed by atoms with E-state index in [1.54, 1.807) is 0 Å². The Morgan fingerprint density at radius 1 is 0.352 bits per heavy atom. The lowest BCUT2D eigenvalue weighted by atomic mass is 10.0. The minimum atomic E-state index is -0.765. The fourth-order valence-electron chi connectivity index (χ4n) is 6.92. The number of hydrogen-bond acceptors (Lipinski definition) is 6. The summed E-state index contributed by atoms with van der Waals surface area (Å²) in [6.45, 7) is 6.57. The first-order valence-electron chi connectivity index (χ1n) is 23.7. The van der Waals surface area contributed by atoms with E-state index in [-0.39, 0.29) is 31.1 Å². The molecule has 0 fully saturated rings. The van der Waals surface area contributed by atoms with Crippen molar-refractivity contribution < 1.29 is 28.6 Å². The van der Waals surface area contributed by atoms with Crippen molar-refractivity contribution in [3.05, 3.63) is 12.2 Å². The molecule has 0 rings (SSSR count). The van der Waals surface area contributed by atoms with Gasteiger partial charge >= 0.3 is 17.9 Å². The summed E-state index contributed by atoms with van der Waals surface area (Å²) in [6.07, 6.45) is 46.3. The number of hydrogen-bond donors (Lipinski definition) is 0. The summed E-state index contributed by atoms with van der Waals surface area (Å²) in [6, 6.07) is 0. The zero-order valence-corrected chi connectivity index (χ0v) is 36.3. The molecule has 0 saturated heterocycles. The van der Waals surface area contributed by atoms with Gasteiger partial charge in [-0.25, -0.2) is 0 Å². The fraction of sp³-hybridized carbons (Fsp3) is 0.896. The molecule has 54 heavy (non-hydrogen) atoms. The Bertz CT molecular complexity index is 839. The standard InChI is InChI=1S/C48H90O6/c1-4-7-10-13-16-19-21-22-23-24-25-26-27-30-32-35-38-41-47(50)53-44-45(43-52-46(49)40-37-34-31-28-18-15-12-9-6-3)54-48(51)42-39-36-33-29-20-17-14-11-8-5-2/h11,14,45H,4-10,12-13,15-44H2,1-3H3/b14-11-. The lowest BCUT2D eigenvalue weighted by Crippen LogP contribution is -2.30. The van der Waals surface area contributed by atoms with E-state index in [0.29, 0.717) is 19.3 Å². The predicted octanol–water partition coefficient (Wildman–Crippen LogP) is 15.0. The Hall–Kier alpha value is -1.85. The van der Waals surface area contributed by atoms with Crippen LogP contribution in [0.5, 0.6) is 0 Å². The second kappa shape index (κ2) is 43.9. The number of unbranched alkanes of at least 4 members (excludes halogenated alkanes) is 30. The fourth-order valence-corrected chi connectivity index (χ4v) is 6.92. The van der Waals surface area contributed by atoms with Crippen LogP contribution in [-0.2, 0) is 28.6 Å². The summed E-state index contributed by atoms with van der Waals surface area (Å²) in [7, 11) is 0. The van der Waals surface area contributed by atoms with Crippen molar-refractivity contribution in [2.24, 2.45) is 0 Å². The molecule has 0 aromatic heterocycles. The summed E-state index contributed by atoms with van der Waals surface area (Å²) in [5, 5.41) is 0. The Kier molecular flexibility index (Phi) is 42.4. The Morgan fingerprint density at radius 3 is 1.00 bits per heavy atom. The van der Waals surface area contributed by atoms with Gasteiger partial charge in [-0.1, -0.05) is 213 Å². The number of allylic oxidation sites excluding steroid dienone is 2. The lowest BCUT2D eigenvalue weighted by Gasteiger charge is -2.18. The number of carbonyl (C=O) groups excluding carboxylic acids is 3. The second-order valence-electron chi connectivity index (χ2n) is 16.0. The Labute approximate surface area is 335 Å². The van der Waals surface area contributed by atoms with Crippen LogP contribution in [0.3, 0.4) is 0 Å². The lowest BCUT2D eigenvalue weighted by molar-refractivity contribution is -0.167. The van der Waals surface area contributed by atoms with E-state index in [4.69, 9.17) is 14.2 Å². The maximum atomic E-state index is 12.7. The van der Waals surface area contributed by atoms with E-state index in [1.165, 1.54) is 148 Å². The average Bonchev–Trinajstić information content (AvgIpc) is 3.17. The quantitative estimate of drug-likeness (QED) is 0.0266. The number of rotatable bonds is 43. The highest BCUT2D eigenvalue weighted by atomic mass is 16.6. The monoisotopic (exact) mass is 763 g/mol. The topological polar surface area (TPSA) is 78.9 Å². The van der Waals surface area contributed by atoms with E-state index in [1.807, 2.05) is 0 Å². The van der Waals surface area contributed by atoms with Crippen LogP contribution in [0.1, 0.15) is 258 Å². The minimum absolute atomic E-state index is 0.0691. The van der Waals surface area contributed by atoms with Crippen LogP contribution < -0.4 is 0 Å². The van der Waals surface area contributed by atoms with Gasteiger partial charge in [0.05, 0.1) is 0 Å². The zero-order valence-electron chi connectivity index (χ0n) is 36.3. The first kappa shape index (κ1) is 52.2. The van der Waals surface area contributed by atoms with Crippen molar-refractivity contribution in [3.63, 3.8) is 0 Å². The summed E-state index contributed by atoms with van der Waals surface area (Å²) in [5.74, 6) is -0.873. The molecule has 0 saturated carbocycles. The van der Waals surface area contributed by atoms with E-state index in [0.717, 1.165) is 70.6 Å². The van der Waals surface area contributed by atoms with Gasteiger partial charge in [0.1, 0.15) is 13.2 Å². The maximum absolute atomic E-state index is 12.7. The molecule has 0 aliphatic heterocycles. The van der Waals surface area contributed by atoms with E-state index in [9.17, 15) is 14.4 Å². The maximum Gasteiger partial charge on any atom is 0.306 e. The first-order valence-corrected chi connectivity index (χ1v) is 23.7. The molecule has 1 atom stereocenters. The highest BCUT2D eigenvalue weighted by Crippen LogP contribution is 2.16. The van der Waals surface area contributed by atoms with E-state index < -0.39 is 6.10 Å². The number of carbonyl (C=O) groups is 3. The zero-order chi connectivity index (χ0) is 39.4. The molecule has 0 bridgehead atoms. The van der Waals surface area contributed by atoms with Crippen molar-refractivity contribution >= 4 is 17.9 Å². The van der Waals surface area contributed by atoms with E-state index in [2.05, 4.69) is 32.9 Å². The van der Waals surface area contributed by atoms with Gasteiger partial charge in [-0.2, -0.15) is 0 Å². The SMILES string of the molecule is CCC/C=C\CCCCCCCC(=O)OC(COC(=O)CCCCCCCCCCC)COC(=O)CCCCCCCCCCCCCCCCCCC. The molecule has 0 radical (unpaired) electrons. The molecule has 318 valence electrons. The third kappa shape index (κ3) is 41.3. The molecule has 0 N–H and O–H groups in total. The molecule has 0 aromatic rings. The molecule has 0 amide bonds. The molecule has 0 aliphatic carbocycles. The van der Waals surface area contributed by atoms with Gasteiger partial charge in [-0.15, -0.1) is 0 Å². The Balaban J connectivity index is 4.24. The van der Waals surface area contributed by atoms with Gasteiger partial charge in [0.25, 0.3) is 0 Å². The molecule has 0 spiro atoms. The van der Waals surface area contributed by atoms with Crippen LogP contribution in [-0.4, -0.2) is 37.2 Å². The van der Waals surface area contributed by atoms with Crippen LogP contribution >= 0.6 is 0 Å². The smallest absolute Gasteiger partial charge is 0.306 e. The molecule has 0 aliphatic rings. The molecular weight excluding hydrogens is 673 g/mol. The van der Waals surface area contributed by atoms with Gasteiger partial charge in [0.15, 0.2) is 6.10 Å². The third-order valence-corrected chi connectivity index (χ3v) is 10.5. The van der Waals surface area contributed by atoms with Crippen LogP contribution in [0.25, 0.3) is 0 Å². The molecule has 1 unspecified atom stereocenters. The largest absolute Gasteiger partial charge is 0.462 e. The van der Waals surface area contributed by atoms with Crippen molar-refractivity contribution in [2.45, 2.75) is 264 Å². The van der Waals surface area contributed by atoms with Crippen LogP contribution in [0, 0.1) is 0 Å². The van der Waals surface area contributed by atoms with Crippen LogP contribution in [0.15, 0.2) is 12.2 Å². The number of ether oxygens (including phenoxy) is 3. The molecule has 6 nitrogen and oxygen atoms in total. The third-order valence-electron chi connectivity index (χ3n) is 10.5. The van der Waals surface area contributed by atoms with Gasteiger partial charge < -0.3 is 14.2 Å². The highest BCUT2D eigenvalue weighted by molar-refractivity contribution is 5.71. The van der Waals surface area contributed by atoms with Crippen LogP contribution in [0.4, 0.5) is 0 Å². The van der Waals surface area contributed by atoms with Crippen molar-refractivity contribution in [1.29, 1.82) is 0 Å². The molecule has 0 aromatic carbocycles. The molecule has 0 heterocycles. The summed E-state index contributed by atoms with van der Waals surface area (Å²) in [4.78, 5) is 37.7. The van der Waals surface area contributed by atoms with Crippen molar-refractivity contribution in [3.8, 4) is 0 Å². The molecular formula is C48H90O6. The second-order valence-corrected chi connectivity index (χ2v) is 16.0. The van der Waals surface area contributed by atoms with E-state index >= 15 is 0 Å². The summed E-state index contributed by atoms with van der Waals surface area (Å²) < 4.78 is 16.7. The first-order chi connectivity index (χ1) is 26.5. The highest BCUT2D eigenvalue weighted by Gasteiger charge is 2.19. The van der Waals surface area contributed by atoms with Gasteiger partial charge in [0.2, 0.25) is 0 Å². The normalized spacial score (nSPS) is 12.0. The van der Waals surface area contributed by atoms with Gasteiger partial charge in [-0.3, -0.25) is 14.4 Å². The van der Waals surface area contributed by atoms with Crippen molar-refractivity contribution in [2.75, 3.05) is 13.2 Å². The van der Waals surface area contributed by atoms with Gasteiger partial charge in [-0.05, 0) is 38.5 Å². The average molecular weight is 763 g/mol. The summed E-state index contributed by atoms with van der Waals surface area (Å²) >= 11 is 0. The predicted molar refractivity (Wildman–Crippen MR) is 229 cm³/mol.